The Kier molecular flexibility index (Phi) is 24.8. The van der Waals surface area contributed by atoms with Crippen molar-refractivity contribution in [1.82, 2.24) is 4.57 Å². The van der Waals surface area contributed by atoms with Gasteiger partial charge in [-0.15, -0.1) is 0 Å². The fourth-order valence-electron chi connectivity index (χ4n) is 5.72. The SMILES string of the molecule is CCCCCCCCCCCCCCCCCC[n+]1ccn(C(C)CCCCCCCCCCCC)c1. The van der Waals surface area contributed by atoms with Crippen LogP contribution in [0.15, 0.2) is 18.7 Å². The smallest absolute Gasteiger partial charge is 0.237 e. The van der Waals surface area contributed by atoms with E-state index in [0.717, 1.165) is 0 Å². The minimum Gasteiger partial charge on any atom is -0.237 e. The second kappa shape index (κ2) is 26.8. The van der Waals surface area contributed by atoms with Crippen LogP contribution >= 0.6 is 0 Å². The lowest BCUT2D eigenvalue weighted by Crippen LogP contribution is -2.31. The normalized spacial score (nSPS) is 12.4. The van der Waals surface area contributed by atoms with Gasteiger partial charge in [0.15, 0.2) is 0 Å². The summed E-state index contributed by atoms with van der Waals surface area (Å²) >= 11 is 0. The van der Waals surface area contributed by atoms with Gasteiger partial charge >= 0.3 is 0 Å². The Morgan fingerprint density at radius 3 is 1.24 bits per heavy atom. The van der Waals surface area contributed by atoms with E-state index >= 15 is 0 Å². The number of aromatic nitrogens is 2. The maximum atomic E-state index is 2.44. The Morgan fingerprint density at radius 1 is 0.486 bits per heavy atom. The van der Waals surface area contributed by atoms with Crippen LogP contribution in [-0.4, -0.2) is 4.57 Å². The standard InChI is InChI=1S/C35H69N2/c1-4-6-8-10-12-14-16-17-18-19-20-21-23-25-27-29-31-36-32-33-37(34-36)35(3)30-28-26-24-22-15-13-11-9-7-5-2/h32-35H,4-31H2,1-3H3/q+1. The molecule has 0 aliphatic rings. The van der Waals surface area contributed by atoms with Gasteiger partial charge in [0.1, 0.15) is 12.4 Å². The first-order valence-electron chi connectivity index (χ1n) is 17.3. The van der Waals surface area contributed by atoms with E-state index in [-0.39, 0.29) is 0 Å². The van der Waals surface area contributed by atoms with E-state index in [0.29, 0.717) is 6.04 Å². The zero-order valence-corrected chi connectivity index (χ0v) is 26.0. The number of aryl methyl sites for hydroxylation is 1. The molecule has 0 N–H and O–H groups in total. The molecular formula is C35H69N2+. The van der Waals surface area contributed by atoms with Crippen molar-refractivity contribution in [3.05, 3.63) is 18.7 Å². The minimum absolute atomic E-state index is 0.640. The predicted octanol–water partition coefficient (Wildman–Crippen LogP) is 11.9. The van der Waals surface area contributed by atoms with E-state index in [1.165, 1.54) is 180 Å². The van der Waals surface area contributed by atoms with Gasteiger partial charge in [-0.3, -0.25) is 0 Å². The molecule has 0 saturated heterocycles. The van der Waals surface area contributed by atoms with E-state index in [1.807, 2.05) is 0 Å². The van der Waals surface area contributed by atoms with Gasteiger partial charge < -0.3 is 0 Å². The number of hydrogen-bond acceptors (Lipinski definition) is 0. The van der Waals surface area contributed by atoms with Crippen LogP contribution < -0.4 is 4.57 Å². The molecule has 0 spiro atoms. The van der Waals surface area contributed by atoms with Crippen molar-refractivity contribution in [3.8, 4) is 0 Å². The highest BCUT2D eigenvalue weighted by Crippen LogP contribution is 2.17. The Bertz CT molecular complexity index is 563. The molecule has 1 aromatic rings. The molecule has 1 rings (SSSR count). The topological polar surface area (TPSA) is 8.81 Å². The summed E-state index contributed by atoms with van der Waals surface area (Å²) in [6.07, 6.45) is 45.6. The van der Waals surface area contributed by atoms with Crippen molar-refractivity contribution in [2.24, 2.45) is 0 Å². The molecular weight excluding hydrogens is 448 g/mol. The lowest BCUT2D eigenvalue weighted by Gasteiger charge is -2.08. The third-order valence-electron chi connectivity index (χ3n) is 8.47. The van der Waals surface area contributed by atoms with E-state index in [4.69, 9.17) is 0 Å². The van der Waals surface area contributed by atoms with Gasteiger partial charge in [-0.25, -0.2) is 9.13 Å². The van der Waals surface area contributed by atoms with Gasteiger partial charge in [0.05, 0.1) is 12.6 Å². The highest BCUT2D eigenvalue weighted by molar-refractivity contribution is 4.72. The molecule has 0 amide bonds. The summed E-state index contributed by atoms with van der Waals surface area (Å²) in [7, 11) is 0. The third-order valence-corrected chi connectivity index (χ3v) is 8.47. The average Bonchev–Trinajstić information content (AvgIpc) is 3.38. The maximum Gasteiger partial charge on any atom is 0.243 e. The van der Waals surface area contributed by atoms with E-state index in [2.05, 4.69) is 48.6 Å². The van der Waals surface area contributed by atoms with E-state index in [1.54, 1.807) is 0 Å². The van der Waals surface area contributed by atoms with Gasteiger partial charge in [-0.2, -0.15) is 0 Å². The fourth-order valence-corrected chi connectivity index (χ4v) is 5.72. The zero-order valence-electron chi connectivity index (χ0n) is 26.0. The molecule has 218 valence electrons. The van der Waals surface area contributed by atoms with Crippen LogP contribution in [0.1, 0.15) is 200 Å². The first-order valence-corrected chi connectivity index (χ1v) is 17.3. The molecule has 0 fully saturated rings. The van der Waals surface area contributed by atoms with Gasteiger partial charge in [0.2, 0.25) is 6.33 Å². The van der Waals surface area contributed by atoms with Gasteiger partial charge in [-0.1, -0.05) is 162 Å². The van der Waals surface area contributed by atoms with Crippen molar-refractivity contribution < 1.29 is 4.57 Å². The number of nitrogens with zero attached hydrogens (tertiary/aromatic N) is 2. The van der Waals surface area contributed by atoms with Crippen molar-refractivity contribution in [2.45, 2.75) is 207 Å². The Labute approximate surface area is 234 Å². The number of imidazole rings is 1. The maximum absolute atomic E-state index is 2.44. The largest absolute Gasteiger partial charge is 0.243 e. The van der Waals surface area contributed by atoms with Crippen LogP contribution in [0.4, 0.5) is 0 Å². The summed E-state index contributed by atoms with van der Waals surface area (Å²) in [6.45, 7) is 8.19. The van der Waals surface area contributed by atoms with Crippen molar-refractivity contribution >= 4 is 0 Å². The molecule has 2 nitrogen and oxygen atoms in total. The number of hydrogen-bond donors (Lipinski definition) is 0. The van der Waals surface area contributed by atoms with Crippen LogP contribution in [0.3, 0.4) is 0 Å². The van der Waals surface area contributed by atoms with Crippen molar-refractivity contribution in [2.75, 3.05) is 0 Å². The first kappa shape index (κ1) is 34.2. The molecule has 1 heterocycles. The molecule has 1 atom stereocenters. The van der Waals surface area contributed by atoms with Crippen molar-refractivity contribution in [3.63, 3.8) is 0 Å². The second-order valence-corrected chi connectivity index (χ2v) is 12.2. The molecule has 0 aliphatic heterocycles. The van der Waals surface area contributed by atoms with Gasteiger partial charge in [0, 0.05) is 0 Å². The van der Waals surface area contributed by atoms with Crippen LogP contribution in [0.5, 0.6) is 0 Å². The fraction of sp³-hybridized carbons (Fsp3) is 0.914. The molecule has 0 bridgehead atoms. The molecule has 1 aromatic heterocycles. The Balaban J connectivity index is 1.88. The van der Waals surface area contributed by atoms with E-state index < -0.39 is 0 Å². The number of unbranched alkanes of at least 4 members (excludes halogenated alkanes) is 24. The lowest BCUT2D eigenvalue weighted by molar-refractivity contribution is -0.697. The van der Waals surface area contributed by atoms with Gasteiger partial charge in [0.25, 0.3) is 0 Å². The van der Waals surface area contributed by atoms with Gasteiger partial charge in [-0.05, 0) is 32.6 Å². The summed E-state index contributed by atoms with van der Waals surface area (Å²) in [5.41, 5.74) is 0. The quantitative estimate of drug-likeness (QED) is 0.0737. The molecule has 0 aliphatic carbocycles. The monoisotopic (exact) mass is 518 g/mol. The molecule has 1 unspecified atom stereocenters. The van der Waals surface area contributed by atoms with Crippen LogP contribution in [0.2, 0.25) is 0 Å². The Morgan fingerprint density at radius 2 is 0.838 bits per heavy atom. The highest BCUT2D eigenvalue weighted by atomic mass is 15.1. The van der Waals surface area contributed by atoms with Crippen molar-refractivity contribution in [1.29, 1.82) is 0 Å². The predicted molar refractivity (Wildman–Crippen MR) is 165 cm³/mol. The molecule has 0 saturated carbocycles. The molecule has 0 radical (unpaired) electrons. The zero-order chi connectivity index (χ0) is 26.7. The summed E-state index contributed by atoms with van der Waals surface area (Å²) in [4.78, 5) is 0. The third kappa shape index (κ3) is 21.8. The lowest BCUT2D eigenvalue weighted by atomic mass is 10.0. The molecule has 37 heavy (non-hydrogen) atoms. The van der Waals surface area contributed by atoms with Crippen LogP contribution in [0, 0.1) is 0 Å². The summed E-state index contributed by atoms with van der Waals surface area (Å²) in [6, 6.07) is 0.640. The summed E-state index contributed by atoms with van der Waals surface area (Å²) in [5, 5.41) is 0. The van der Waals surface area contributed by atoms with Crippen LogP contribution in [0.25, 0.3) is 0 Å². The van der Waals surface area contributed by atoms with Crippen LogP contribution in [-0.2, 0) is 6.54 Å². The highest BCUT2D eigenvalue weighted by Gasteiger charge is 2.11. The molecule has 0 aromatic carbocycles. The minimum atomic E-state index is 0.640. The summed E-state index contributed by atoms with van der Waals surface area (Å²) in [5.74, 6) is 0. The molecule has 2 heteroatoms. The van der Waals surface area contributed by atoms with E-state index in [9.17, 15) is 0 Å². The second-order valence-electron chi connectivity index (χ2n) is 12.2. The Hall–Kier alpha value is -0.790. The average molecular weight is 518 g/mol. The first-order chi connectivity index (χ1) is 18.3. The summed E-state index contributed by atoms with van der Waals surface area (Å²) < 4.78 is 4.86. The number of rotatable bonds is 29.